The molecule has 0 bridgehead atoms. The molecule has 1 aliphatic rings. The van der Waals surface area contributed by atoms with E-state index < -0.39 is 0 Å². The molecule has 26 heavy (non-hydrogen) atoms. The Morgan fingerprint density at radius 3 is 2.58 bits per heavy atom. The Hall–Kier alpha value is -3.15. The number of aryl methyl sites for hydroxylation is 1. The Labute approximate surface area is 152 Å². The van der Waals surface area contributed by atoms with Crippen molar-refractivity contribution in [2.24, 2.45) is 7.05 Å². The van der Waals surface area contributed by atoms with Crippen LogP contribution in [0.3, 0.4) is 0 Å². The molecule has 132 valence electrons. The maximum atomic E-state index is 12.5. The molecule has 2 heterocycles. The molecule has 2 amide bonds. The monoisotopic (exact) mass is 347 g/mol. The molecule has 4 rings (SSSR count). The molecule has 1 aromatic heterocycles. The maximum absolute atomic E-state index is 12.5. The van der Waals surface area contributed by atoms with Gasteiger partial charge in [0.2, 0.25) is 0 Å². The van der Waals surface area contributed by atoms with E-state index in [1.54, 1.807) is 11.0 Å². The highest BCUT2D eigenvalue weighted by molar-refractivity contribution is 5.89. The van der Waals surface area contributed by atoms with Crippen LogP contribution >= 0.6 is 0 Å². The van der Waals surface area contributed by atoms with Gasteiger partial charge in [0.05, 0.1) is 0 Å². The van der Waals surface area contributed by atoms with E-state index in [9.17, 15) is 4.79 Å². The van der Waals surface area contributed by atoms with E-state index in [-0.39, 0.29) is 6.03 Å². The van der Waals surface area contributed by atoms with Crippen molar-refractivity contribution < 1.29 is 4.79 Å². The van der Waals surface area contributed by atoms with Gasteiger partial charge in [0.15, 0.2) is 5.82 Å². The summed E-state index contributed by atoms with van der Waals surface area (Å²) < 4.78 is 1.67. The summed E-state index contributed by atoms with van der Waals surface area (Å²) in [4.78, 5) is 18.7. The fraction of sp³-hybridized carbons (Fsp3) is 0.250. The molecule has 0 aliphatic carbocycles. The highest BCUT2D eigenvalue weighted by Gasteiger charge is 2.27. The summed E-state index contributed by atoms with van der Waals surface area (Å²) in [6.07, 6.45) is 2.67. The zero-order valence-corrected chi connectivity index (χ0v) is 14.7. The van der Waals surface area contributed by atoms with Gasteiger partial charge in [-0.15, -0.1) is 0 Å². The van der Waals surface area contributed by atoms with Crippen LogP contribution in [0.2, 0.25) is 0 Å². The van der Waals surface area contributed by atoms with Crippen LogP contribution in [0.15, 0.2) is 60.9 Å². The second-order valence-electron chi connectivity index (χ2n) is 6.59. The van der Waals surface area contributed by atoms with Gasteiger partial charge in [-0.3, -0.25) is 4.68 Å². The number of nitrogens with zero attached hydrogens (tertiary/aromatic N) is 4. The molecular weight excluding hydrogens is 326 g/mol. The Bertz CT molecular complexity index is 888. The van der Waals surface area contributed by atoms with Crippen molar-refractivity contribution in [1.29, 1.82) is 0 Å². The summed E-state index contributed by atoms with van der Waals surface area (Å²) in [5, 5.41) is 7.26. The lowest BCUT2D eigenvalue weighted by atomic mass is 9.99. The lowest BCUT2D eigenvalue weighted by Gasteiger charge is -2.17. The number of nitrogens with one attached hydrogen (secondary N) is 1. The number of hydrogen-bond donors (Lipinski definition) is 1. The predicted octanol–water partition coefficient (Wildman–Crippen LogP) is 3.50. The number of carbonyl (C=O) groups excluding carboxylic acids is 1. The smallest absolute Gasteiger partial charge is 0.321 e. The normalized spacial score (nSPS) is 16.7. The lowest BCUT2D eigenvalue weighted by Crippen LogP contribution is -2.32. The van der Waals surface area contributed by atoms with Gasteiger partial charge in [-0.05, 0) is 36.2 Å². The van der Waals surface area contributed by atoms with Gasteiger partial charge < -0.3 is 10.2 Å². The molecule has 0 spiro atoms. The molecule has 1 fully saturated rings. The van der Waals surface area contributed by atoms with E-state index >= 15 is 0 Å². The maximum Gasteiger partial charge on any atom is 0.321 e. The Morgan fingerprint density at radius 2 is 1.88 bits per heavy atom. The average Bonchev–Trinajstić information content (AvgIpc) is 3.32. The molecule has 0 saturated carbocycles. The van der Waals surface area contributed by atoms with Gasteiger partial charge in [-0.25, -0.2) is 9.78 Å². The zero-order chi connectivity index (χ0) is 17.9. The second kappa shape index (κ2) is 7.00. The molecule has 6 heteroatoms. The highest BCUT2D eigenvalue weighted by atomic mass is 16.2. The lowest BCUT2D eigenvalue weighted by molar-refractivity contribution is 0.222. The third-order valence-electron chi connectivity index (χ3n) is 4.74. The summed E-state index contributed by atoms with van der Waals surface area (Å²) >= 11 is 0. The van der Waals surface area contributed by atoms with E-state index in [2.05, 4.69) is 39.7 Å². The number of rotatable bonds is 3. The predicted molar refractivity (Wildman–Crippen MR) is 101 cm³/mol. The number of benzene rings is 2. The molecular formula is C20H21N5O. The number of likely N-dealkylation sites (tertiary alicyclic amines) is 1. The zero-order valence-electron chi connectivity index (χ0n) is 14.7. The van der Waals surface area contributed by atoms with Crippen LogP contribution < -0.4 is 5.32 Å². The molecule has 1 saturated heterocycles. The minimum absolute atomic E-state index is 0.0489. The Balaban J connectivity index is 1.38. The van der Waals surface area contributed by atoms with E-state index in [1.807, 2.05) is 42.3 Å². The number of aromatic nitrogens is 3. The van der Waals surface area contributed by atoms with Crippen LogP contribution in [0.5, 0.6) is 0 Å². The Kier molecular flexibility index (Phi) is 4.39. The van der Waals surface area contributed by atoms with Crippen LogP contribution in [0, 0.1) is 0 Å². The number of anilines is 1. The minimum atomic E-state index is -0.0489. The third-order valence-corrected chi connectivity index (χ3v) is 4.74. The Morgan fingerprint density at radius 1 is 1.12 bits per heavy atom. The molecule has 1 aliphatic heterocycles. The van der Waals surface area contributed by atoms with Crippen molar-refractivity contribution in [3.05, 3.63) is 66.5 Å². The van der Waals surface area contributed by atoms with Crippen molar-refractivity contribution in [2.75, 3.05) is 18.4 Å². The van der Waals surface area contributed by atoms with Crippen molar-refractivity contribution in [3.8, 4) is 11.4 Å². The molecule has 2 aromatic carbocycles. The first-order valence-corrected chi connectivity index (χ1v) is 8.76. The van der Waals surface area contributed by atoms with Crippen molar-refractivity contribution in [2.45, 2.75) is 12.3 Å². The van der Waals surface area contributed by atoms with Gasteiger partial charge in [-0.1, -0.05) is 30.3 Å². The molecule has 1 N–H and O–H groups in total. The number of amides is 2. The summed E-state index contributed by atoms with van der Waals surface area (Å²) in [5.74, 6) is 1.09. The van der Waals surface area contributed by atoms with E-state index in [1.165, 1.54) is 5.56 Å². The number of carbonyl (C=O) groups is 1. The van der Waals surface area contributed by atoms with Gasteiger partial charge in [-0.2, -0.15) is 5.10 Å². The van der Waals surface area contributed by atoms with E-state index in [0.717, 1.165) is 30.8 Å². The highest BCUT2D eigenvalue weighted by Crippen LogP contribution is 2.27. The fourth-order valence-electron chi connectivity index (χ4n) is 3.32. The largest absolute Gasteiger partial charge is 0.324 e. The van der Waals surface area contributed by atoms with Crippen molar-refractivity contribution in [3.63, 3.8) is 0 Å². The summed E-state index contributed by atoms with van der Waals surface area (Å²) in [5.41, 5.74) is 3.00. The van der Waals surface area contributed by atoms with Crippen LogP contribution in [0.1, 0.15) is 17.9 Å². The summed E-state index contributed by atoms with van der Waals surface area (Å²) in [6, 6.07) is 17.9. The summed E-state index contributed by atoms with van der Waals surface area (Å²) in [7, 11) is 1.84. The number of urea groups is 1. The topological polar surface area (TPSA) is 63.1 Å². The van der Waals surface area contributed by atoms with E-state index in [4.69, 9.17) is 0 Å². The number of hydrogen-bond acceptors (Lipinski definition) is 3. The quantitative estimate of drug-likeness (QED) is 0.789. The second-order valence-corrected chi connectivity index (χ2v) is 6.59. The average molecular weight is 347 g/mol. The fourth-order valence-corrected chi connectivity index (χ4v) is 3.32. The van der Waals surface area contributed by atoms with Crippen LogP contribution in [-0.2, 0) is 7.05 Å². The van der Waals surface area contributed by atoms with Crippen LogP contribution in [-0.4, -0.2) is 38.8 Å². The van der Waals surface area contributed by atoms with Crippen LogP contribution in [0.4, 0.5) is 10.5 Å². The van der Waals surface area contributed by atoms with Gasteiger partial charge in [0, 0.05) is 37.3 Å². The first-order valence-electron chi connectivity index (χ1n) is 8.76. The van der Waals surface area contributed by atoms with Crippen molar-refractivity contribution >= 4 is 11.7 Å². The molecule has 1 atom stereocenters. The molecule has 6 nitrogen and oxygen atoms in total. The van der Waals surface area contributed by atoms with Gasteiger partial charge in [0.25, 0.3) is 0 Å². The standard InChI is InChI=1S/C20H21N5O/c1-24-14-21-19(23-24)16-7-9-18(10-8-16)22-20(26)25-12-11-17(13-25)15-5-3-2-4-6-15/h2-10,14,17H,11-13H2,1H3,(H,22,26)/t17-/m0/s1. The van der Waals surface area contributed by atoms with Gasteiger partial charge >= 0.3 is 6.03 Å². The molecule has 0 unspecified atom stereocenters. The third kappa shape index (κ3) is 3.44. The van der Waals surface area contributed by atoms with Crippen LogP contribution in [0.25, 0.3) is 11.4 Å². The van der Waals surface area contributed by atoms with Crippen molar-refractivity contribution in [1.82, 2.24) is 19.7 Å². The first kappa shape index (κ1) is 16.3. The SMILES string of the molecule is Cn1cnc(-c2ccc(NC(=O)N3CC[C@H](c4ccccc4)C3)cc2)n1. The summed E-state index contributed by atoms with van der Waals surface area (Å²) in [6.45, 7) is 1.53. The van der Waals surface area contributed by atoms with Gasteiger partial charge in [0.1, 0.15) is 6.33 Å². The minimum Gasteiger partial charge on any atom is -0.324 e. The van der Waals surface area contributed by atoms with E-state index in [0.29, 0.717) is 11.7 Å². The first-order chi connectivity index (χ1) is 12.7. The molecule has 3 aromatic rings. The molecule has 0 radical (unpaired) electrons.